The summed E-state index contributed by atoms with van der Waals surface area (Å²) in [7, 11) is 1.55. The van der Waals surface area contributed by atoms with E-state index in [0.717, 1.165) is 49.0 Å². The van der Waals surface area contributed by atoms with Crippen molar-refractivity contribution in [2.24, 2.45) is 0 Å². The lowest BCUT2D eigenvalue weighted by Crippen LogP contribution is -2.33. The van der Waals surface area contributed by atoms with Gasteiger partial charge in [0.05, 0.1) is 18.0 Å². The van der Waals surface area contributed by atoms with E-state index in [1.807, 2.05) is 6.07 Å². The highest BCUT2D eigenvalue weighted by Gasteiger charge is 2.24. The molecule has 3 aromatic heterocycles. The zero-order chi connectivity index (χ0) is 19.7. The number of pyridine rings is 1. The number of hydrogen-bond acceptors (Lipinski definition) is 6. The van der Waals surface area contributed by atoms with Gasteiger partial charge in [-0.2, -0.15) is 0 Å². The van der Waals surface area contributed by atoms with Crippen molar-refractivity contribution < 1.29 is 14.3 Å². The predicted octanol–water partition coefficient (Wildman–Crippen LogP) is 3.31. The molecule has 1 atom stereocenters. The number of methoxy groups -OCH3 is 1. The highest BCUT2D eigenvalue weighted by Crippen LogP contribution is 2.31. The van der Waals surface area contributed by atoms with Gasteiger partial charge in [0, 0.05) is 42.0 Å². The summed E-state index contributed by atoms with van der Waals surface area (Å²) in [5.74, 6) is 0.464. The van der Waals surface area contributed by atoms with E-state index in [0.29, 0.717) is 16.3 Å². The molecule has 0 N–H and O–H groups in total. The fourth-order valence-electron chi connectivity index (χ4n) is 3.85. The number of nitrogens with zero attached hydrogens (tertiary/aromatic N) is 3. The molecule has 1 aliphatic heterocycles. The first-order valence-corrected chi connectivity index (χ1v) is 10.3. The van der Waals surface area contributed by atoms with Crippen molar-refractivity contribution in [2.75, 3.05) is 20.2 Å². The largest absolute Gasteiger partial charge is 0.481 e. The maximum atomic E-state index is 12.8. The molecule has 0 bridgehead atoms. The smallest absolute Gasteiger partial charge is 0.212 e. The molecule has 1 saturated heterocycles. The van der Waals surface area contributed by atoms with Crippen LogP contribution in [0.25, 0.3) is 10.2 Å². The second-order valence-corrected chi connectivity index (χ2v) is 8.14. The molecule has 3 aromatic rings. The fourth-order valence-corrected chi connectivity index (χ4v) is 5.04. The Morgan fingerprint density at radius 1 is 1.36 bits per heavy atom. The van der Waals surface area contributed by atoms with Crippen LogP contribution < -0.4 is 4.74 Å². The Balaban J connectivity index is 1.55. The van der Waals surface area contributed by atoms with E-state index in [4.69, 9.17) is 4.74 Å². The van der Waals surface area contributed by atoms with Crippen LogP contribution in [0.5, 0.6) is 5.88 Å². The first-order chi connectivity index (χ1) is 13.6. The lowest BCUT2D eigenvalue weighted by atomic mass is 10.1. The molecule has 146 valence electrons. The number of rotatable bonds is 7. The van der Waals surface area contributed by atoms with Crippen molar-refractivity contribution >= 4 is 33.6 Å². The lowest BCUT2D eigenvalue weighted by Gasteiger charge is -2.20. The zero-order valence-corrected chi connectivity index (χ0v) is 16.9. The van der Waals surface area contributed by atoms with Gasteiger partial charge in [0.1, 0.15) is 11.1 Å². The Kier molecular flexibility index (Phi) is 5.28. The zero-order valence-electron chi connectivity index (χ0n) is 16.1. The number of fused-ring (bicyclic) bond motifs is 1. The Bertz CT molecular complexity index is 1010. The van der Waals surface area contributed by atoms with Crippen molar-refractivity contribution in [1.29, 1.82) is 0 Å². The van der Waals surface area contributed by atoms with Crippen molar-refractivity contribution in [3.05, 3.63) is 46.6 Å². The molecule has 7 heteroatoms. The number of thiophene rings is 1. The van der Waals surface area contributed by atoms with Crippen molar-refractivity contribution in [3.63, 3.8) is 0 Å². The first kappa shape index (κ1) is 18.8. The van der Waals surface area contributed by atoms with Crippen LogP contribution in [0, 0.1) is 6.92 Å². The molecular formula is C21H23N3O3S. The summed E-state index contributed by atoms with van der Waals surface area (Å²) < 4.78 is 7.31. The van der Waals surface area contributed by atoms with Gasteiger partial charge in [0.15, 0.2) is 0 Å². The molecule has 28 heavy (non-hydrogen) atoms. The third-order valence-electron chi connectivity index (χ3n) is 5.39. The highest BCUT2D eigenvalue weighted by molar-refractivity contribution is 7.20. The van der Waals surface area contributed by atoms with Gasteiger partial charge in [0.25, 0.3) is 0 Å². The van der Waals surface area contributed by atoms with Gasteiger partial charge in [0.2, 0.25) is 11.7 Å². The second-order valence-electron chi connectivity index (χ2n) is 7.11. The molecule has 0 amide bonds. The molecule has 0 aromatic carbocycles. The van der Waals surface area contributed by atoms with E-state index >= 15 is 0 Å². The number of likely N-dealkylation sites (tertiary alicyclic amines) is 1. The first-order valence-electron chi connectivity index (χ1n) is 9.44. The van der Waals surface area contributed by atoms with Crippen LogP contribution in [0.15, 0.2) is 30.5 Å². The van der Waals surface area contributed by atoms with Crippen LogP contribution in [-0.2, 0) is 11.3 Å². The Morgan fingerprint density at radius 3 is 2.93 bits per heavy atom. The van der Waals surface area contributed by atoms with Crippen LogP contribution in [0.1, 0.15) is 33.8 Å². The fraction of sp³-hybridized carbons (Fsp3) is 0.381. The molecule has 0 radical (unpaired) electrons. The molecular weight excluding hydrogens is 374 g/mol. The van der Waals surface area contributed by atoms with E-state index in [-0.39, 0.29) is 11.8 Å². The summed E-state index contributed by atoms with van der Waals surface area (Å²) in [6, 6.07) is 7.57. The van der Waals surface area contributed by atoms with Crippen molar-refractivity contribution in [2.45, 2.75) is 32.4 Å². The molecule has 1 unspecified atom stereocenters. The summed E-state index contributed by atoms with van der Waals surface area (Å²) in [5.41, 5.74) is 1.73. The van der Waals surface area contributed by atoms with Crippen LogP contribution in [-0.4, -0.2) is 52.8 Å². The number of aldehydes is 1. The van der Waals surface area contributed by atoms with E-state index in [9.17, 15) is 9.59 Å². The van der Waals surface area contributed by atoms with Gasteiger partial charge in [-0.15, -0.1) is 11.3 Å². The topological polar surface area (TPSA) is 64.4 Å². The molecule has 1 aliphatic rings. The van der Waals surface area contributed by atoms with E-state index in [1.165, 1.54) is 17.0 Å². The Hall–Kier alpha value is -2.51. The summed E-state index contributed by atoms with van der Waals surface area (Å²) in [4.78, 5) is 32.2. The third-order valence-corrected chi connectivity index (χ3v) is 6.56. The number of carbonyl (C=O) groups excluding carboxylic acids is 2. The normalized spacial score (nSPS) is 17.3. The predicted molar refractivity (Wildman–Crippen MR) is 109 cm³/mol. The number of aromatic nitrogens is 2. The molecule has 1 fully saturated rings. The van der Waals surface area contributed by atoms with E-state index < -0.39 is 0 Å². The van der Waals surface area contributed by atoms with Gasteiger partial charge in [-0.25, -0.2) is 4.98 Å². The second kappa shape index (κ2) is 7.85. The average molecular weight is 398 g/mol. The number of hydrogen-bond donors (Lipinski definition) is 0. The molecule has 4 rings (SSSR count). The third kappa shape index (κ3) is 3.47. The van der Waals surface area contributed by atoms with E-state index in [2.05, 4.69) is 27.4 Å². The summed E-state index contributed by atoms with van der Waals surface area (Å²) in [6.45, 7) is 4.73. The maximum Gasteiger partial charge on any atom is 0.212 e. The number of aryl methyl sites for hydroxylation is 1. The average Bonchev–Trinajstić information content (AvgIpc) is 3.40. The summed E-state index contributed by atoms with van der Waals surface area (Å²) >= 11 is 1.51. The lowest BCUT2D eigenvalue weighted by molar-refractivity contribution is -0.111. The molecule has 0 saturated carbocycles. The maximum absolute atomic E-state index is 12.8. The van der Waals surface area contributed by atoms with Gasteiger partial charge in [-0.05, 0) is 44.5 Å². The van der Waals surface area contributed by atoms with Gasteiger partial charge in [-0.3, -0.25) is 9.69 Å². The molecule has 4 heterocycles. The number of carbonyl (C=O) groups is 2. The van der Waals surface area contributed by atoms with E-state index in [1.54, 1.807) is 25.4 Å². The van der Waals surface area contributed by atoms with Crippen molar-refractivity contribution in [3.8, 4) is 5.88 Å². The number of ketones is 1. The van der Waals surface area contributed by atoms with Gasteiger partial charge < -0.3 is 14.1 Å². The Labute approximate surface area is 167 Å². The highest BCUT2D eigenvalue weighted by atomic mass is 32.1. The van der Waals surface area contributed by atoms with Crippen LogP contribution in [0.2, 0.25) is 0 Å². The summed E-state index contributed by atoms with van der Waals surface area (Å²) in [5, 5.41) is 1.08. The quantitative estimate of drug-likeness (QED) is 0.452. The monoisotopic (exact) mass is 397 g/mol. The number of ether oxygens (including phenoxy) is 1. The van der Waals surface area contributed by atoms with Crippen LogP contribution in [0.3, 0.4) is 0 Å². The molecule has 6 nitrogen and oxygen atoms in total. The minimum absolute atomic E-state index is 0.0267. The standard InChI is InChI=1S/C21H23N3O3S/c1-14-10-16-11-18(20(26)15-5-6-19(27-2)22-12-15)28-21(16)24(14)9-8-23-7-3-4-17(23)13-25/h5-6,10-13,17H,3-4,7-9H2,1-2H3. The summed E-state index contributed by atoms with van der Waals surface area (Å²) in [6.07, 6.45) is 4.65. The van der Waals surface area contributed by atoms with Crippen LogP contribution in [0.4, 0.5) is 0 Å². The SMILES string of the molecule is COc1ccc(C(=O)c2cc3cc(C)n(CCN4CCCC4C=O)c3s2)cn1. The van der Waals surface area contributed by atoms with Crippen molar-refractivity contribution in [1.82, 2.24) is 14.5 Å². The minimum Gasteiger partial charge on any atom is -0.481 e. The molecule has 0 spiro atoms. The van der Waals surface area contributed by atoms with Gasteiger partial charge >= 0.3 is 0 Å². The van der Waals surface area contributed by atoms with Crippen LogP contribution >= 0.6 is 11.3 Å². The van der Waals surface area contributed by atoms with Gasteiger partial charge in [-0.1, -0.05) is 0 Å². The minimum atomic E-state index is -0.0267. The Morgan fingerprint density at radius 2 is 2.21 bits per heavy atom. The molecule has 0 aliphatic carbocycles.